The Bertz CT molecular complexity index is 1590. The van der Waals surface area contributed by atoms with E-state index in [9.17, 15) is 31.2 Å². The predicted octanol–water partition coefficient (Wildman–Crippen LogP) is 3.11. The summed E-state index contributed by atoms with van der Waals surface area (Å²) in [6.07, 6.45) is -1.28. The van der Waals surface area contributed by atoms with E-state index in [1.54, 1.807) is 18.2 Å². The molecule has 2 amide bonds. The second-order valence-corrected chi connectivity index (χ2v) is 12.0. The number of rotatable bonds is 6. The number of fused-ring (bicyclic) bond motifs is 3. The summed E-state index contributed by atoms with van der Waals surface area (Å²) < 4.78 is 67.3. The predicted molar refractivity (Wildman–Crippen MR) is 134 cm³/mol. The quantitative estimate of drug-likeness (QED) is 0.456. The van der Waals surface area contributed by atoms with E-state index in [-0.39, 0.29) is 35.1 Å². The summed E-state index contributed by atoms with van der Waals surface area (Å²) in [5.41, 5.74) is 0.970. The molecule has 0 radical (unpaired) electrons. The van der Waals surface area contributed by atoms with Crippen LogP contribution in [0.4, 0.5) is 18.9 Å². The average molecular weight is 584 g/mol. The van der Waals surface area contributed by atoms with Crippen molar-refractivity contribution in [2.24, 2.45) is 0 Å². The number of halogens is 4. The fourth-order valence-corrected chi connectivity index (χ4v) is 5.54. The molecule has 10 nitrogen and oxygen atoms in total. The number of carbonyl (C=O) groups is 2. The molecule has 0 bridgehead atoms. The molecule has 1 atom stereocenters. The zero-order valence-corrected chi connectivity index (χ0v) is 21.9. The van der Waals surface area contributed by atoms with Crippen LogP contribution in [0, 0.1) is 0 Å². The van der Waals surface area contributed by atoms with E-state index in [2.05, 4.69) is 20.7 Å². The third-order valence-corrected chi connectivity index (χ3v) is 7.39. The van der Waals surface area contributed by atoms with Gasteiger partial charge < -0.3 is 15.4 Å². The largest absolute Gasteiger partial charge is 0.484 e. The van der Waals surface area contributed by atoms with Crippen molar-refractivity contribution in [2.75, 3.05) is 23.9 Å². The van der Waals surface area contributed by atoms with Gasteiger partial charge in [0.05, 0.1) is 22.8 Å². The SMILES string of the molecule is CS(=O)(=O)CC(=O)Nc1c(-c2ccc(Cl)cn2)nn2c1C(=O)N[C@]1(CCc3cc(OCC(F)(F)F)ccc31)C2. The van der Waals surface area contributed by atoms with Crippen molar-refractivity contribution >= 4 is 38.9 Å². The maximum Gasteiger partial charge on any atom is 0.422 e. The number of sulfone groups is 1. The molecule has 1 aromatic carbocycles. The number of benzene rings is 1. The van der Waals surface area contributed by atoms with Gasteiger partial charge in [-0.15, -0.1) is 0 Å². The molecule has 2 aliphatic rings. The minimum atomic E-state index is -4.47. The van der Waals surface area contributed by atoms with Crippen LogP contribution in [0.3, 0.4) is 0 Å². The van der Waals surface area contributed by atoms with E-state index in [0.29, 0.717) is 23.4 Å². The highest BCUT2D eigenvalue weighted by atomic mass is 35.5. The topological polar surface area (TPSA) is 132 Å². The van der Waals surface area contributed by atoms with Crippen LogP contribution in [0.5, 0.6) is 5.75 Å². The van der Waals surface area contributed by atoms with Gasteiger partial charge in [0, 0.05) is 12.5 Å². The molecule has 206 valence electrons. The van der Waals surface area contributed by atoms with Crippen LogP contribution in [0.1, 0.15) is 28.0 Å². The summed E-state index contributed by atoms with van der Waals surface area (Å²) in [7, 11) is -3.66. The molecule has 0 saturated carbocycles. The van der Waals surface area contributed by atoms with Crippen molar-refractivity contribution in [2.45, 2.75) is 31.1 Å². The molecule has 3 aromatic rings. The molecule has 2 N–H and O–H groups in total. The Morgan fingerprint density at radius 1 is 1.28 bits per heavy atom. The van der Waals surface area contributed by atoms with Crippen LogP contribution in [-0.2, 0) is 33.1 Å². The highest BCUT2D eigenvalue weighted by molar-refractivity contribution is 7.91. The first-order valence-corrected chi connectivity index (χ1v) is 14.0. The minimum absolute atomic E-state index is 0.0000542. The number of amides is 2. The zero-order valence-electron chi connectivity index (χ0n) is 20.3. The Morgan fingerprint density at radius 2 is 2.05 bits per heavy atom. The van der Waals surface area contributed by atoms with Crippen LogP contribution < -0.4 is 15.4 Å². The number of aromatic nitrogens is 3. The highest BCUT2D eigenvalue weighted by Crippen LogP contribution is 2.44. The number of hydrogen-bond acceptors (Lipinski definition) is 7. The Hall–Kier alpha value is -3.65. The van der Waals surface area contributed by atoms with Gasteiger partial charge in [-0.1, -0.05) is 17.7 Å². The van der Waals surface area contributed by atoms with Gasteiger partial charge in [-0.25, -0.2) is 8.42 Å². The van der Waals surface area contributed by atoms with Gasteiger partial charge >= 0.3 is 6.18 Å². The standard InChI is InChI=1S/C24H21ClF3N5O5S/c1-39(36,37)10-18(34)30-20-19(17-5-2-14(25)9-29-17)32-33-11-23(31-22(35)21(20)33)7-6-13-8-15(3-4-16(13)23)38-12-24(26,27)28/h2-5,8-9H,6-7,10-12H2,1H3,(H,30,34)(H,31,35)/t23-/m1/s1. The number of anilines is 1. The summed E-state index contributed by atoms with van der Waals surface area (Å²) in [5.74, 6) is -2.16. The fraction of sp³-hybridized carbons (Fsp3) is 0.333. The first-order chi connectivity index (χ1) is 18.2. The van der Waals surface area contributed by atoms with E-state index in [0.717, 1.165) is 11.8 Å². The van der Waals surface area contributed by atoms with Gasteiger partial charge in [-0.05, 0) is 48.2 Å². The lowest BCUT2D eigenvalue weighted by atomic mass is 9.89. The Morgan fingerprint density at radius 3 is 2.72 bits per heavy atom. The van der Waals surface area contributed by atoms with E-state index >= 15 is 0 Å². The Labute approximate surface area is 225 Å². The normalized spacial score (nSPS) is 18.4. The maximum absolute atomic E-state index is 13.5. The lowest BCUT2D eigenvalue weighted by Crippen LogP contribution is -2.52. The zero-order chi connectivity index (χ0) is 28.2. The highest BCUT2D eigenvalue weighted by Gasteiger charge is 2.46. The monoisotopic (exact) mass is 583 g/mol. The lowest BCUT2D eigenvalue weighted by molar-refractivity contribution is -0.153. The number of ether oxygens (including phenoxy) is 1. The Balaban J connectivity index is 1.52. The van der Waals surface area contributed by atoms with Crippen LogP contribution in [0.25, 0.3) is 11.4 Å². The molecule has 15 heteroatoms. The number of nitrogens with one attached hydrogen (secondary N) is 2. The van der Waals surface area contributed by atoms with Crippen molar-refractivity contribution in [1.82, 2.24) is 20.1 Å². The van der Waals surface area contributed by atoms with Gasteiger partial charge in [0.1, 0.15) is 22.9 Å². The van der Waals surface area contributed by atoms with Crippen LogP contribution >= 0.6 is 11.6 Å². The number of carbonyl (C=O) groups excluding carboxylic acids is 2. The van der Waals surface area contributed by atoms with Crippen molar-refractivity contribution in [3.8, 4) is 17.1 Å². The van der Waals surface area contributed by atoms with E-state index < -0.39 is 45.7 Å². The Kier molecular flexibility index (Phi) is 6.58. The third kappa shape index (κ3) is 5.57. The number of aryl methyl sites for hydroxylation is 1. The molecule has 0 fully saturated rings. The van der Waals surface area contributed by atoms with E-state index in [1.165, 1.54) is 23.0 Å². The van der Waals surface area contributed by atoms with E-state index in [1.807, 2.05) is 0 Å². The first kappa shape index (κ1) is 26.9. The molecule has 5 rings (SSSR count). The van der Waals surface area contributed by atoms with Gasteiger partial charge in [0.15, 0.2) is 22.1 Å². The summed E-state index contributed by atoms with van der Waals surface area (Å²) in [6, 6.07) is 7.67. The van der Waals surface area contributed by atoms with E-state index in [4.69, 9.17) is 16.3 Å². The molecular formula is C24H21ClF3N5O5S. The number of hydrogen-bond donors (Lipinski definition) is 2. The summed E-state index contributed by atoms with van der Waals surface area (Å²) in [4.78, 5) is 30.2. The smallest absolute Gasteiger partial charge is 0.422 e. The molecule has 1 aliphatic heterocycles. The van der Waals surface area contributed by atoms with Gasteiger partial charge in [-0.3, -0.25) is 19.3 Å². The third-order valence-electron chi connectivity index (χ3n) is 6.38. The molecule has 1 aliphatic carbocycles. The average Bonchev–Trinajstić information content (AvgIpc) is 3.35. The minimum Gasteiger partial charge on any atom is -0.484 e. The number of pyridine rings is 1. The second-order valence-electron chi connectivity index (χ2n) is 9.47. The summed E-state index contributed by atoms with van der Waals surface area (Å²) in [5, 5.41) is 10.4. The molecule has 39 heavy (non-hydrogen) atoms. The van der Waals surface area contributed by atoms with Crippen molar-refractivity contribution < 1.29 is 35.9 Å². The number of nitrogens with zero attached hydrogens (tertiary/aromatic N) is 3. The molecule has 1 spiro atoms. The van der Waals surface area contributed by atoms with Gasteiger partial charge in [0.2, 0.25) is 5.91 Å². The molecule has 0 unspecified atom stereocenters. The fourth-order valence-electron chi connectivity index (χ4n) is 4.88. The van der Waals surface area contributed by atoms with Crippen LogP contribution in [0.2, 0.25) is 5.02 Å². The molecule has 3 heterocycles. The molecule has 0 saturated heterocycles. The van der Waals surface area contributed by atoms with Gasteiger partial charge in [-0.2, -0.15) is 18.3 Å². The van der Waals surface area contributed by atoms with Crippen molar-refractivity contribution in [1.29, 1.82) is 0 Å². The van der Waals surface area contributed by atoms with Crippen LogP contribution in [-0.4, -0.2) is 59.8 Å². The molecule has 2 aromatic heterocycles. The first-order valence-electron chi connectivity index (χ1n) is 11.6. The summed E-state index contributed by atoms with van der Waals surface area (Å²) in [6.45, 7) is -1.27. The van der Waals surface area contributed by atoms with Gasteiger partial charge in [0.25, 0.3) is 5.91 Å². The lowest BCUT2D eigenvalue weighted by Gasteiger charge is -2.36. The summed E-state index contributed by atoms with van der Waals surface area (Å²) >= 11 is 5.95. The molecular weight excluding hydrogens is 563 g/mol. The second kappa shape index (κ2) is 9.52. The van der Waals surface area contributed by atoms with Crippen molar-refractivity contribution in [3.63, 3.8) is 0 Å². The van der Waals surface area contributed by atoms with Crippen LogP contribution in [0.15, 0.2) is 36.5 Å². The number of alkyl halides is 3. The maximum atomic E-state index is 13.5. The van der Waals surface area contributed by atoms with Crippen molar-refractivity contribution in [3.05, 3.63) is 58.4 Å².